The molecule has 1 saturated heterocycles. The number of anilines is 1. The Morgan fingerprint density at radius 2 is 2.05 bits per heavy atom. The molecule has 1 N–H and O–H groups in total. The summed E-state index contributed by atoms with van der Waals surface area (Å²) in [6.07, 6.45) is 0. The molecule has 5 nitrogen and oxygen atoms in total. The summed E-state index contributed by atoms with van der Waals surface area (Å²) in [6, 6.07) is 5.07. The van der Waals surface area contributed by atoms with E-state index in [0.29, 0.717) is 6.54 Å². The predicted octanol–water partition coefficient (Wildman–Crippen LogP) is 1.04. The quantitative estimate of drug-likeness (QED) is 0.865. The lowest BCUT2D eigenvalue weighted by Gasteiger charge is -2.38. The fourth-order valence-electron chi connectivity index (χ4n) is 2.35. The maximum Gasteiger partial charge on any atom is 0.328 e. The fourth-order valence-corrected chi connectivity index (χ4v) is 2.35. The van der Waals surface area contributed by atoms with Crippen LogP contribution < -0.4 is 4.90 Å². The lowest BCUT2D eigenvalue weighted by Crippen LogP contribution is -2.58. The van der Waals surface area contributed by atoms with Crippen LogP contribution >= 0.6 is 0 Å². The highest BCUT2D eigenvalue weighted by Gasteiger charge is 2.35. The molecule has 0 bridgehead atoms. The molecule has 5 heteroatoms. The number of piperazine rings is 1. The second-order valence-electron chi connectivity index (χ2n) is 4.96. The first-order chi connectivity index (χ1) is 8.91. The summed E-state index contributed by atoms with van der Waals surface area (Å²) in [5.41, 5.74) is 3.16. The number of carbonyl (C=O) groups excluding carboxylic acids is 1. The summed E-state index contributed by atoms with van der Waals surface area (Å²) in [7, 11) is 1.54. The normalized spacial score (nSPS) is 19.7. The Bertz CT molecular complexity index is 527. The SMILES string of the molecule is Cc1cccc(N2CC(=O)N(C)C(C(=O)O)C2)c1C. The predicted molar refractivity (Wildman–Crippen MR) is 72.3 cm³/mol. The van der Waals surface area contributed by atoms with Gasteiger partial charge in [-0.15, -0.1) is 0 Å². The molecule has 2 rings (SSSR count). The highest BCUT2D eigenvalue weighted by atomic mass is 16.4. The molecule has 0 spiro atoms. The molecule has 0 aromatic heterocycles. The van der Waals surface area contributed by atoms with Crippen LogP contribution in [0.15, 0.2) is 18.2 Å². The van der Waals surface area contributed by atoms with Crippen molar-refractivity contribution >= 4 is 17.6 Å². The Hall–Kier alpha value is -2.04. The van der Waals surface area contributed by atoms with E-state index >= 15 is 0 Å². The van der Waals surface area contributed by atoms with Gasteiger partial charge in [-0.05, 0) is 31.0 Å². The van der Waals surface area contributed by atoms with E-state index in [4.69, 9.17) is 0 Å². The van der Waals surface area contributed by atoms with E-state index in [1.165, 1.54) is 4.90 Å². The highest BCUT2D eigenvalue weighted by molar-refractivity contribution is 5.89. The molecule has 1 unspecified atom stereocenters. The zero-order valence-corrected chi connectivity index (χ0v) is 11.4. The van der Waals surface area contributed by atoms with Crippen LogP contribution in [0.2, 0.25) is 0 Å². The van der Waals surface area contributed by atoms with Gasteiger partial charge in [-0.2, -0.15) is 0 Å². The van der Waals surface area contributed by atoms with Gasteiger partial charge < -0.3 is 14.9 Å². The molecule has 19 heavy (non-hydrogen) atoms. The van der Waals surface area contributed by atoms with Gasteiger partial charge in [0.1, 0.15) is 6.04 Å². The second-order valence-corrected chi connectivity index (χ2v) is 4.96. The Labute approximate surface area is 112 Å². The lowest BCUT2D eigenvalue weighted by atomic mass is 10.1. The average molecular weight is 262 g/mol. The number of aliphatic carboxylic acids is 1. The van der Waals surface area contributed by atoms with E-state index in [0.717, 1.165) is 16.8 Å². The van der Waals surface area contributed by atoms with Crippen molar-refractivity contribution in [2.24, 2.45) is 0 Å². The number of amides is 1. The number of likely N-dealkylation sites (N-methyl/N-ethyl adjacent to an activating group) is 1. The zero-order valence-electron chi connectivity index (χ0n) is 11.4. The topological polar surface area (TPSA) is 60.9 Å². The minimum absolute atomic E-state index is 0.167. The van der Waals surface area contributed by atoms with Crippen molar-refractivity contribution in [1.82, 2.24) is 4.90 Å². The van der Waals surface area contributed by atoms with E-state index in [-0.39, 0.29) is 12.5 Å². The van der Waals surface area contributed by atoms with Gasteiger partial charge in [-0.1, -0.05) is 12.1 Å². The summed E-state index contributed by atoms with van der Waals surface area (Å²) in [5.74, 6) is -1.13. The molecule has 1 fully saturated rings. The summed E-state index contributed by atoms with van der Waals surface area (Å²) in [6.45, 7) is 4.54. The maximum absolute atomic E-state index is 11.9. The number of rotatable bonds is 2. The Balaban J connectivity index is 2.33. The van der Waals surface area contributed by atoms with E-state index in [1.807, 2.05) is 36.9 Å². The van der Waals surface area contributed by atoms with Crippen molar-refractivity contribution in [3.05, 3.63) is 29.3 Å². The van der Waals surface area contributed by atoms with Gasteiger partial charge in [0.2, 0.25) is 5.91 Å². The van der Waals surface area contributed by atoms with Crippen LogP contribution in [0.3, 0.4) is 0 Å². The monoisotopic (exact) mass is 262 g/mol. The first-order valence-electron chi connectivity index (χ1n) is 6.21. The minimum atomic E-state index is -0.967. The molecule has 1 aromatic carbocycles. The molecule has 1 heterocycles. The number of carboxylic acids is 1. The zero-order chi connectivity index (χ0) is 14.2. The van der Waals surface area contributed by atoms with Crippen molar-refractivity contribution in [1.29, 1.82) is 0 Å². The number of carboxylic acid groups (broad SMARTS) is 1. The molecule has 1 amide bonds. The van der Waals surface area contributed by atoms with E-state index in [9.17, 15) is 14.7 Å². The number of hydrogen-bond donors (Lipinski definition) is 1. The Kier molecular flexibility index (Phi) is 3.46. The van der Waals surface area contributed by atoms with Crippen LogP contribution in [0.5, 0.6) is 0 Å². The van der Waals surface area contributed by atoms with E-state index < -0.39 is 12.0 Å². The molecule has 0 aliphatic carbocycles. The molecular weight excluding hydrogens is 244 g/mol. The van der Waals surface area contributed by atoms with Crippen LogP contribution in [-0.2, 0) is 9.59 Å². The van der Waals surface area contributed by atoms with Gasteiger partial charge in [0.15, 0.2) is 0 Å². The summed E-state index contributed by atoms with van der Waals surface area (Å²) < 4.78 is 0. The first kappa shape index (κ1) is 13.4. The van der Waals surface area contributed by atoms with Gasteiger partial charge in [0, 0.05) is 19.3 Å². The standard InChI is InChI=1S/C14H18N2O3/c1-9-5-4-6-11(10(9)2)16-7-12(14(18)19)15(3)13(17)8-16/h4-6,12H,7-8H2,1-3H3,(H,18,19). The highest BCUT2D eigenvalue weighted by Crippen LogP contribution is 2.25. The number of carbonyl (C=O) groups is 2. The summed E-state index contributed by atoms with van der Waals surface area (Å²) in [5, 5.41) is 9.19. The Morgan fingerprint density at radius 1 is 1.37 bits per heavy atom. The largest absolute Gasteiger partial charge is 0.480 e. The smallest absolute Gasteiger partial charge is 0.328 e. The van der Waals surface area contributed by atoms with Crippen molar-refractivity contribution in [2.45, 2.75) is 19.9 Å². The van der Waals surface area contributed by atoms with Gasteiger partial charge in [0.25, 0.3) is 0 Å². The fraction of sp³-hybridized carbons (Fsp3) is 0.429. The summed E-state index contributed by atoms with van der Waals surface area (Å²) >= 11 is 0. The van der Waals surface area contributed by atoms with Gasteiger partial charge in [-0.25, -0.2) is 4.79 Å². The average Bonchev–Trinajstić information content (AvgIpc) is 2.35. The maximum atomic E-state index is 11.9. The third kappa shape index (κ3) is 2.41. The molecule has 1 aromatic rings. The van der Waals surface area contributed by atoms with Crippen molar-refractivity contribution in [3.8, 4) is 0 Å². The molecule has 102 valence electrons. The number of hydrogen-bond acceptors (Lipinski definition) is 3. The third-order valence-electron chi connectivity index (χ3n) is 3.78. The van der Waals surface area contributed by atoms with Crippen LogP contribution in [-0.4, -0.2) is 48.1 Å². The molecule has 0 saturated carbocycles. The molecule has 1 atom stereocenters. The molecular formula is C14H18N2O3. The number of benzene rings is 1. The molecule has 1 aliphatic heterocycles. The Morgan fingerprint density at radius 3 is 2.68 bits per heavy atom. The molecule has 0 radical (unpaired) electrons. The minimum Gasteiger partial charge on any atom is -0.480 e. The van der Waals surface area contributed by atoms with E-state index in [1.54, 1.807) is 7.05 Å². The van der Waals surface area contributed by atoms with Gasteiger partial charge in [-0.3, -0.25) is 4.79 Å². The van der Waals surface area contributed by atoms with Gasteiger partial charge >= 0.3 is 5.97 Å². The van der Waals surface area contributed by atoms with Crippen LogP contribution in [0.4, 0.5) is 5.69 Å². The second kappa shape index (κ2) is 4.91. The van der Waals surface area contributed by atoms with Crippen LogP contribution in [0, 0.1) is 13.8 Å². The van der Waals surface area contributed by atoms with Crippen molar-refractivity contribution < 1.29 is 14.7 Å². The summed E-state index contributed by atoms with van der Waals surface area (Å²) in [4.78, 5) is 26.3. The van der Waals surface area contributed by atoms with Crippen molar-refractivity contribution in [2.75, 3.05) is 25.0 Å². The van der Waals surface area contributed by atoms with E-state index in [2.05, 4.69) is 0 Å². The third-order valence-corrected chi connectivity index (χ3v) is 3.78. The lowest BCUT2D eigenvalue weighted by molar-refractivity contribution is -0.149. The van der Waals surface area contributed by atoms with Crippen LogP contribution in [0.25, 0.3) is 0 Å². The van der Waals surface area contributed by atoms with Crippen molar-refractivity contribution in [3.63, 3.8) is 0 Å². The molecule has 1 aliphatic rings. The number of nitrogens with zero attached hydrogens (tertiary/aromatic N) is 2. The van der Waals surface area contributed by atoms with Gasteiger partial charge in [0.05, 0.1) is 6.54 Å². The number of aryl methyl sites for hydroxylation is 1. The first-order valence-corrected chi connectivity index (χ1v) is 6.21. The van der Waals surface area contributed by atoms with Crippen LogP contribution in [0.1, 0.15) is 11.1 Å².